The molecule has 1 heterocycles. The van der Waals surface area contributed by atoms with Crippen LogP contribution >= 0.6 is 24.0 Å². The van der Waals surface area contributed by atoms with E-state index in [1.165, 1.54) is 36.0 Å². The molecule has 0 aliphatic heterocycles. The van der Waals surface area contributed by atoms with E-state index in [1.807, 2.05) is 12.1 Å². The van der Waals surface area contributed by atoms with E-state index >= 15 is 0 Å². The van der Waals surface area contributed by atoms with Crippen molar-refractivity contribution in [3.05, 3.63) is 59.0 Å². The van der Waals surface area contributed by atoms with E-state index in [2.05, 4.69) is 35.8 Å². The van der Waals surface area contributed by atoms with Gasteiger partial charge in [-0.3, -0.25) is 0 Å². The fourth-order valence-electron chi connectivity index (χ4n) is 2.99. The standard InChI is InChI=1S/C19H25N3O.HI/c1-2-20-19(21-11-10-18-7-4-12-23-18)22-14-15-8-9-16-5-3-6-17(16)13-15;/h4,7-9,12-13H,2-3,5-6,10-11,14H2,1H3,(H2,20,21,22);1H. The summed E-state index contributed by atoms with van der Waals surface area (Å²) in [4.78, 5) is 4.69. The summed E-state index contributed by atoms with van der Waals surface area (Å²) < 4.78 is 5.35. The SMILES string of the molecule is CCNC(=NCc1ccc2c(c1)CCC2)NCCc1ccco1.I. The summed E-state index contributed by atoms with van der Waals surface area (Å²) in [6.45, 7) is 4.46. The molecule has 0 bridgehead atoms. The molecule has 2 aromatic rings. The van der Waals surface area contributed by atoms with Crippen molar-refractivity contribution in [3.8, 4) is 0 Å². The zero-order valence-corrected chi connectivity index (χ0v) is 16.5. The van der Waals surface area contributed by atoms with Crippen molar-refractivity contribution in [2.45, 2.75) is 39.2 Å². The highest BCUT2D eigenvalue weighted by atomic mass is 127. The smallest absolute Gasteiger partial charge is 0.191 e. The summed E-state index contributed by atoms with van der Waals surface area (Å²) in [7, 11) is 0. The summed E-state index contributed by atoms with van der Waals surface area (Å²) in [5, 5.41) is 6.65. The Balaban J connectivity index is 0.00000208. The van der Waals surface area contributed by atoms with E-state index in [0.29, 0.717) is 6.54 Å². The minimum atomic E-state index is 0. The first-order valence-corrected chi connectivity index (χ1v) is 8.50. The summed E-state index contributed by atoms with van der Waals surface area (Å²) in [5.41, 5.74) is 4.31. The molecule has 0 unspecified atom stereocenters. The van der Waals surface area contributed by atoms with Gasteiger partial charge < -0.3 is 15.1 Å². The number of aryl methyl sites for hydroxylation is 2. The number of fused-ring (bicyclic) bond motifs is 1. The fourth-order valence-corrected chi connectivity index (χ4v) is 2.99. The van der Waals surface area contributed by atoms with Gasteiger partial charge in [0.15, 0.2) is 5.96 Å². The van der Waals surface area contributed by atoms with E-state index in [4.69, 9.17) is 9.41 Å². The number of hydrogen-bond acceptors (Lipinski definition) is 2. The molecular formula is C19H26IN3O. The third-order valence-corrected chi connectivity index (χ3v) is 4.17. The third-order valence-electron chi connectivity index (χ3n) is 4.17. The molecule has 24 heavy (non-hydrogen) atoms. The number of guanidine groups is 1. The van der Waals surface area contributed by atoms with Crippen molar-refractivity contribution < 1.29 is 4.42 Å². The Kier molecular flexibility index (Phi) is 7.62. The predicted octanol–water partition coefficient (Wildman–Crippen LogP) is 3.68. The monoisotopic (exact) mass is 439 g/mol. The first-order chi connectivity index (χ1) is 11.3. The van der Waals surface area contributed by atoms with Gasteiger partial charge >= 0.3 is 0 Å². The molecule has 0 fully saturated rings. The molecule has 0 saturated carbocycles. The van der Waals surface area contributed by atoms with Gasteiger partial charge in [-0.1, -0.05) is 18.2 Å². The van der Waals surface area contributed by atoms with Crippen molar-refractivity contribution >= 4 is 29.9 Å². The minimum Gasteiger partial charge on any atom is -0.469 e. The first kappa shape index (κ1) is 18.8. The Hall–Kier alpha value is -1.50. The number of halogens is 1. The average Bonchev–Trinajstić information content (AvgIpc) is 3.23. The van der Waals surface area contributed by atoms with Crippen LogP contribution in [0.3, 0.4) is 0 Å². The number of benzene rings is 1. The maximum atomic E-state index is 5.35. The van der Waals surface area contributed by atoms with E-state index in [0.717, 1.165) is 31.2 Å². The molecule has 1 aliphatic rings. The van der Waals surface area contributed by atoms with Gasteiger partial charge in [0.05, 0.1) is 12.8 Å². The molecule has 1 aliphatic carbocycles. The molecule has 1 aromatic carbocycles. The van der Waals surface area contributed by atoms with Gasteiger partial charge in [0.1, 0.15) is 5.76 Å². The van der Waals surface area contributed by atoms with Crippen molar-refractivity contribution in [1.82, 2.24) is 10.6 Å². The second kappa shape index (κ2) is 9.71. The largest absolute Gasteiger partial charge is 0.469 e. The number of aliphatic imine (C=N–C) groups is 1. The summed E-state index contributed by atoms with van der Waals surface area (Å²) in [6.07, 6.45) is 6.31. The Morgan fingerprint density at radius 2 is 2.04 bits per heavy atom. The molecule has 0 saturated heterocycles. The van der Waals surface area contributed by atoms with Gasteiger partial charge in [0, 0.05) is 19.5 Å². The Morgan fingerprint density at radius 1 is 1.17 bits per heavy atom. The lowest BCUT2D eigenvalue weighted by molar-refractivity contribution is 0.507. The molecule has 0 amide bonds. The lowest BCUT2D eigenvalue weighted by atomic mass is 10.1. The number of nitrogens with zero attached hydrogens (tertiary/aromatic N) is 1. The minimum absolute atomic E-state index is 0. The van der Waals surface area contributed by atoms with E-state index in [1.54, 1.807) is 6.26 Å². The number of furan rings is 1. The first-order valence-electron chi connectivity index (χ1n) is 8.50. The Labute approximate surface area is 161 Å². The van der Waals surface area contributed by atoms with Crippen LogP contribution in [0.15, 0.2) is 46.0 Å². The van der Waals surface area contributed by atoms with Crippen LogP contribution in [0.4, 0.5) is 0 Å². The van der Waals surface area contributed by atoms with E-state index < -0.39 is 0 Å². The summed E-state index contributed by atoms with van der Waals surface area (Å²) in [6, 6.07) is 10.7. The quantitative estimate of drug-likeness (QED) is 0.410. The van der Waals surface area contributed by atoms with Crippen LogP contribution < -0.4 is 10.6 Å². The molecule has 3 rings (SSSR count). The molecule has 0 atom stereocenters. The maximum Gasteiger partial charge on any atom is 0.191 e. The highest BCUT2D eigenvalue weighted by Crippen LogP contribution is 2.23. The second-order valence-corrected chi connectivity index (χ2v) is 5.91. The molecule has 1 aromatic heterocycles. The zero-order chi connectivity index (χ0) is 15.9. The lowest BCUT2D eigenvalue weighted by Crippen LogP contribution is -2.38. The van der Waals surface area contributed by atoms with Crippen LogP contribution in [0.5, 0.6) is 0 Å². The number of hydrogen-bond donors (Lipinski definition) is 2. The molecule has 130 valence electrons. The fraction of sp³-hybridized carbons (Fsp3) is 0.421. The highest BCUT2D eigenvalue weighted by Gasteiger charge is 2.10. The number of nitrogens with one attached hydrogen (secondary N) is 2. The average molecular weight is 439 g/mol. The van der Waals surface area contributed by atoms with Gasteiger partial charge in [-0.05, 0) is 55.0 Å². The topological polar surface area (TPSA) is 49.6 Å². The molecule has 2 N–H and O–H groups in total. The van der Waals surface area contributed by atoms with Crippen molar-refractivity contribution in [3.63, 3.8) is 0 Å². The predicted molar refractivity (Wildman–Crippen MR) is 109 cm³/mol. The van der Waals surface area contributed by atoms with Crippen LogP contribution in [0.25, 0.3) is 0 Å². The molecule has 0 spiro atoms. The number of rotatable bonds is 6. The van der Waals surface area contributed by atoms with Gasteiger partial charge in [-0.25, -0.2) is 4.99 Å². The molecule has 5 heteroatoms. The van der Waals surface area contributed by atoms with Gasteiger partial charge in [0.25, 0.3) is 0 Å². The van der Waals surface area contributed by atoms with Crippen molar-refractivity contribution in [1.29, 1.82) is 0 Å². The third kappa shape index (κ3) is 5.26. The van der Waals surface area contributed by atoms with Crippen LogP contribution in [0.1, 0.15) is 35.8 Å². The molecule has 4 nitrogen and oxygen atoms in total. The van der Waals surface area contributed by atoms with E-state index in [9.17, 15) is 0 Å². The van der Waals surface area contributed by atoms with E-state index in [-0.39, 0.29) is 24.0 Å². The van der Waals surface area contributed by atoms with Gasteiger partial charge in [0.2, 0.25) is 0 Å². The normalized spacial score (nSPS) is 13.3. The van der Waals surface area contributed by atoms with Crippen LogP contribution in [-0.4, -0.2) is 19.0 Å². The zero-order valence-electron chi connectivity index (χ0n) is 14.2. The Morgan fingerprint density at radius 3 is 2.83 bits per heavy atom. The Bertz CT molecular complexity index is 653. The maximum absolute atomic E-state index is 5.35. The van der Waals surface area contributed by atoms with Crippen molar-refractivity contribution in [2.24, 2.45) is 4.99 Å². The summed E-state index contributed by atoms with van der Waals surface area (Å²) >= 11 is 0. The van der Waals surface area contributed by atoms with Crippen LogP contribution in [-0.2, 0) is 25.8 Å². The van der Waals surface area contributed by atoms with Gasteiger partial charge in [-0.15, -0.1) is 24.0 Å². The highest BCUT2D eigenvalue weighted by molar-refractivity contribution is 14.0. The lowest BCUT2D eigenvalue weighted by Gasteiger charge is -2.11. The van der Waals surface area contributed by atoms with Crippen LogP contribution in [0.2, 0.25) is 0 Å². The van der Waals surface area contributed by atoms with Crippen LogP contribution in [0, 0.1) is 0 Å². The van der Waals surface area contributed by atoms with Gasteiger partial charge in [-0.2, -0.15) is 0 Å². The summed E-state index contributed by atoms with van der Waals surface area (Å²) in [5.74, 6) is 1.85. The second-order valence-electron chi connectivity index (χ2n) is 5.91. The molecular weight excluding hydrogens is 413 g/mol. The molecule has 0 radical (unpaired) electrons. The van der Waals surface area contributed by atoms with Crippen molar-refractivity contribution in [2.75, 3.05) is 13.1 Å².